The van der Waals surface area contributed by atoms with E-state index in [1.165, 1.54) is 5.56 Å². The van der Waals surface area contributed by atoms with Gasteiger partial charge < -0.3 is 5.11 Å². The summed E-state index contributed by atoms with van der Waals surface area (Å²) in [4.78, 5) is 11.8. The molecule has 15 heavy (non-hydrogen) atoms. The van der Waals surface area contributed by atoms with Crippen LogP contribution >= 0.6 is 0 Å². The van der Waals surface area contributed by atoms with Crippen molar-refractivity contribution in [1.82, 2.24) is 0 Å². The summed E-state index contributed by atoms with van der Waals surface area (Å²) in [5, 5.41) is 9.51. The summed E-state index contributed by atoms with van der Waals surface area (Å²) in [5.74, 6) is -0.168. The minimum atomic E-state index is -0.870. The molecule has 1 rings (SSSR count). The monoisotopic (exact) mass is 206 g/mol. The van der Waals surface area contributed by atoms with E-state index < -0.39 is 6.10 Å². The molecular formula is C13H18O2. The molecule has 0 aliphatic carbocycles. The highest BCUT2D eigenvalue weighted by Gasteiger charge is 2.17. The van der Waals surface area contributed by atoms with Gasteiger partial charge in [-0.1, -0.05) is 13.0 Å². The number of hydrogen-bond donors (Lipinski definition) is 1. The molecule has 0 heterocycles. The standard InChI is InChI=1S/C13H18O2/c1-5-12(14)13(15)11-7-9(3)8(2)6-10(11)4/h6-7,12,14H,5H2,1-4H3. The Morgan fingerprint density at radius 3 is 2.27 bits per heavy atom. The van der Waals surface area contributed by atoms with Crippen molar-refractivity contribution >= 4 is 5.78 Å². The van der Waals surface area contributed by atoms with Crippen molar-refractivity contribution in [3.63, 3.8) is 0 Å². The smallest absolute Gasteiger partial charge is 0.191 e. The molecule has 1 atom stereocenters. The maximum absolute atomic E-state index is 11.8. The van der Waals surface area contributed by atoms with Gasteiger partial charge in [-0.05, 0) is 49.9 Å². The molecule has 0 radical (unpaired) electrons. The van der Waals surface area contributed by atoms with Crippen LogP contribution in [0.1, 0.15) is 40.4 Å². The molecule has 0 fully saturated rings. The van der Waals surface area contributed by atoms with E-state index in [2.05, 4.69) is 0 Å². The van der Waals surface area contributed by atoms with Gasteiger partial charge in [0.1, 0.15) is 6.10 Å². The van der Waals surface area contributed by atoms with Crippen LogP contribution in [0.2, 0.25) is 0 Å². The van der Waals surface area contributed by atoms with Crippen LogP contribution in [0.3, 0.4) is 0 Å². The zero-order valence-corrected chi connectivity index (χ0v) is 9.79. The molecule has 0 saturated carbocycles. The summed E-state index contributed by atoms with van der Waals surface area (Å²) < 4.78 is 0. The second-order valence-corrected chi connectivity index (χ2v) is 4.04. The Morgan fingerprint density at radius 1 is 1.20 bits per heavy atom. The van der Waals surface area contributed by atoms with Crippen molar-refractivity contribution in [2.75, 3.05) is 0 Å². The Morgan fingerprint density at radius 2 is 1.73 bits per heavy atom. The van der Waals surface area contributed by atoms with Crippen molar-refractivity contribution < 1.29 is 9.90 Å². The van der Waals surface area contributed by atoms with Crippen LogP contribution in [0.5, 0.6) is 0 Å². The number of carbonyl (C=O) groups excluding carboxylic acids is 1. The van der Waals surface area contributed by atoms with E-state index in [0.717, 1.165) is 11.1 Å². The Bertz CT molecular complexity index is 380. The maximum Gasteiger partial charge on any atom is 0.191 e. The molecule has 0 spiro atoms. The fourth-order valence-electron chi connectivity index (χ4n) is 1.59. The van der Waals surface area contributed by atoms with Crippen LogP contribution in [0.25, 0.3) is 0 Å². The molecule has 1 unspecified atom stereocenters. The van der Waals surface area contributed by atoms with Gasteiger partial charge in [0.05, 0.1) is 0 Å². The van der Waals surface area contributed by atoms with Gasteiger partial charge in [0.25, 0.3) is 0 Å². The van der Waals surface area contributed by atoms with E-state index in [-0.39, 0.29) is 5.78 Å². The molecule has 1 aromatic rings. The van der Waals surface area contributed by atoms with E-state index in [0.29, 0.717) is 12.0 Å². The average molecular weight is 206 g/mol. The van der Waals surface area contributed by atoms with Gasteiger partial charge in [0.2, 0.25) is 0 Å². The van der Waals surface area contributed by atoms with Gasteiger partial charge in [0.15, 0.2) is 5.78 Å². The highest BCUT2D eigenvalue weighted by atomic mass is 16.3. The Labute approximate surface area is 90.9 Å². The highest BCUT2D eigenvalue weighted by molar-refractivity contribution is 6.00. The Balaban J connectivity index is 3.15. The molecule has 0 aromatic heterocycles. The minimum absolute atomic E-state index is 0.168. The number of carbonyl (C=O) groups is 1. The molecule has 1 N–H and O–H groups in total. The van der Waals surface area contributed by atoms with Gasteiger partial charge in [0, 0.05) is 5.56 Å². The number of rotatable bonds is 3. The third-order valence-corrected chi connectivity index (χ3v) is 2.80. The molecule has 1 aromatic carbocycles. The molecular weight excluding hydrogens is 188 g/mol. The predicted octanol–water partition coefficient (Wildman–Crippen LogP) is 2.57. The van der Waals surface area contributed by atoms with E-state index in [9.17, 15) is 9.90 Å². The van der Waals surface area contributed by atoms with Crippen LogP contribution in [0.4, 0.5) is 0 Å². The van der Waals surface area contributed by atoms with Crippen LogP contribution in [0, 0.1) is 20.8 Å². The first-order chi connectivity index (χ1) is 6.97. The lowest BCUT2D eigenvalue weighted by Crippen LogP contribution is -2.20. The number of ketones is 1. The summed E-state index contributed by atoms with van der Waals surface area (Å²) in [6.07, 6.45) is -0.406. The molecule has 2 heteroatoms. The topological polar surface area (TPSA) is 37.3 Å². The number of benzene rings is 1. The highest BCUT2D eigenvalue weighted by Crippen LogP contribution is 2.17. The average Bonchev–Trinajstić information content (AvgIpc) is 2.21. The van der Waals surface area contributed by atoms with Crippen molar-refractivity contribution in [3.05, 3.63) is 34.4 Å². The second kappa shape index (κ2) is 4.58. The zero-order valence-electron chi connectivity index (χ0n) is 9.79. The quantitative estimate of drug-likeness (QED) is 0.772. The molecule has 0 bridgehead atoms. The van der Waals surface area contributed by atoms with E-state index in [1.54, 1.807) is 6.92 Å². The lowest BCUT2D eigenvalue weighted by Gasteiger charge is -2.11. The van der Waals surface area contributed by atoms with Crippen molar-refractivity contribution in [3.8, 4) is 0 Å². The third-order valence-electron chi connectivity index (χ3n) is 2.80. The number of hydrogen-bond acceptors (Lipinski definition) is 2. The first-order valence-electron chi connectivity index (χ1n) is 5.27. The maximum atomic E-state index is 11.8. The lowest BCUT2D eigenvalue weighted by atomic mass is 9.95. The van der Waals surface area contributed by atoms with Crippen LogP contribution < -0.4 is 0 Å². The Kier molecular flexibility index (Phi) is 3.64. The minimum Gasteiger partial charge on any atom is -0.385 e. The Hall–Kier alpha value is -1.15. The fourth-order valence-corrected chi connectivity index (χ4v) is 1.59. The summed E-state index contributed by atoms with van der Waals surface area (Å²) in [6.45, 7) is 7.71. The molecule has 82 valence electrons. The number of Topliss-reactive ketones (excluding diaryl/α,β-unsaturated/α-hetero) is 1. The first kappa shape index (κ1) is 11.9. The lowest BCUT2D eigenvalue weighted by molar-refractivity contribution is 0.0740. The number of aliphatic hydroxyl groups is 1. The summed E-state index contributed by atoms with van der Waals surface area (Å²) >= 11 is 0. The summed E-state index contributed by atoms with van der Waals surface area (Å²) in [6, 6.07) is 3.86. The molecule has 0 aliphatic rings. The molecule has 0 saturated heterocycles. The van der Waals surface area contributed by atoms with Crippen LogP contribution in [-0.4, -0.2) is 17.0 Å². The van der Waals surface area contributed by atoms with Gasteiger partial charge >= 0.3 is 0 Å². The summed E-state index contributed by atoms with van der Waals surface area (Å²) in [7, 11) is 0. The van der Waals surface area contributed by atoms with Gasteiger partial charge in [-0.2, -0.15) is 0 Å². The van der Waals surface area contributed by atoms with Crippen molar-refractivity contribution in [2.24, 2.45) is 0 Å². The van der Waals surface area contributed by atoms with E-state index in [1.807, 2.05) is 32.9 Å². The first-order valence-corrected chi connectivity index (χ1v) is 5.27. The molecule has 2 nitrogen and oxygen atoms in total. The normalized spacial score (nSPS) is 12.6. The van der Waals surface area contributed by atoms with Gasteiger partial charge in [-0.15, -0.1) is 0 Å². The molecule has 0 aliphatic heterocycles. The SMILES string of the molecule is CCC(O)C(=O)c1cc(C)c(C)cc1C. The largest absolute Gasteiger partial charge is 0.385 e. The summed E-state index contributed by atoms with van der Waals surface area (Å²) in [5.41, 5.74) is 3.85. The van der Waals surface area contributed by atoms with Gasteiger partial charge in [-0.25, -0.2) is 0 Å². The van der Waals surface area contributed by atoms with Gasteiger partial charge in [-0.3, -0.25) is 4.79 Å². The van der Waals surface area contributed by atoms with Crippen molar-refractivity contribution in [1.29, 1.82) is 0 Å². The second-order valence-electron chi connectivity index (χ2n) is 4.04. The third kappa shape index (κ3) is 2.45. The van der Waals surface area contributed by atoms with E-state index >= 15 is 0 Å². The number of aryl methyl sites for hydroxylation is 3. The fraction of sp³-hybridized carbons (Fsp3) is 0.462. The number of aliphatic hydroxyl groups excluding tert-OH is 1. The predicted molar refractivity (Wildman–Crippen MR) is 61.3 cm³/mol. The van der Waals surface area contributed by atoms with E-state index in [4.69, 9.17) is 0 Å². The van der Waals surface area contributed by atoms with Crippen molar-refractivity contribution in [2.45, 2.75) is 40.2 Å². The van der Waals surface area contributed by atoms with Crippen LogP contribution in [-0.2, 0) is 0 Å². The zero-order chi connectivity index (χ0) is 11.6. The molecule has 0 amide bonds. The van der Waals surface area contributed by atoms with Crippen LogP contribution in [0.15, 0.2) is 12.1 Å².